The summed E-state index contributed by atoms with van der Waals surface area (Å²) in [6.07, 6.45) is 2.41. The first-order chi connectivity index (χ1) is 8.25. The maximum Gasteiger partial charge on any atom is 0.293 e. The zero-order valence-corrected chi connectivity index (χ0v) is 10.6. The van der Waals surface area contributed by atoms with E-state index in [1.165, 1.54) is 11.8 Å². The molecule has 0 radical (unpaired) electrons. The van der Waals surface area contributed by atoms with E-state index in [0.717, 1.165) is 16.6 Å². The first kappa shape index (κ1) is 10.6. The summed E-state index contributed by atoms with van der Waals surface area (Å²) in [6.45, 7) is 0.714. The van der Waals surface area contributed by atoms with Crippen molar-refractivity contribution in [1.29, 1.82) is 0 Å². The Bertz CT molecular complexity index is 563. The van der Waals surface area contributed by atoms with Crippen LogP contribution >= 0.6 is 15.9 Å². The molecule has 0 fully saturated rings. The highest BCUT2D eigenvalue weighted by Crippen LogP contribution is 2.31. The minimum Gasteiger partial charge on any atom is -0.459 e. The van der Waals surface area contributed by atoms with Crippen LogP contribution in [0.2, 0.25) is 0 Å². The van der Waals surface area contributed by atoms with Crippen LogP contribution in [0.15, 0.2) is 45.5 Å². The molecule has 0 spiro atoms. The third-order valence-corrected chi connectivity index (χ3v) is 3.41. The van der Waals surface area contributed by atoms with Gasteiger partial charge in [0.15, 0.2) is 5.76 Å². The van der Waals surface area contributed by atoms with Gasteiger partial charge in [0, 0.05) is 16.7 Å². The van der Waals surface area contributed by atoms with Gasteiger partial charge < -0.3 is 9.32 Å². The molecule has 0 saturated carbocycles. The molecule has 2 heterocycles. The van der Waals surface area contributed by atoms with E-state index in [0.29, 0.717) is 12.3 Å². The Morgan fingerprint density at radius 1 is 1.35 bits per heavy atom. The predicted molar refractivity (Wildman–Crippen MR) is 68.2 cm³/mol. The molecule has 0 unspecified atom stereocenters. The Hall–Kier alpha value is -1.55. The maximum absolute atomic E-state index is 12.2. The van der Waals surface area contributed by atoms with Crippen LogP contribution in [0.3, 0.4) is 0 Å². The number of carbonyl (C=O) groups is 1. The largest absolute Gasteiger partial charge is 0.459 e. The lowest BCUT2D eigenvalue weighted by molar-refractivity contribution is 0.0963. The molecule has 1 amide bonds. The van der Waals surface area contributed by atoms with Crippen molar-refractivity contribution in [2.45, 2.75) is 6.42 Å². The van der Waals surface area contributed by atoms with E-state index in [4.69, 9.17) is 4.42 Å². The normalized spacial score (nSPS) is 13.8. The van der Waals surface area contributed by atoms with E-state index >= 15 is 0 Å². The minimum absolute atomic E-state index is 0.0731. The van der Waals surface area contributed by atoms with Gasteiger partial charge in [0.25, 0.3) is 5.91 Å². The molecule has 1 aliphatic rings. The number of nitrogens with zero attached hydrogens (tertiary/aromatic N) is 1. The van der Waals surface area contributed by atoms with Gasteiger partial charge in [-0.3, -0.25) is 4.79 Å². The molecule has 17 heavy (non-hydrogen) atoms. The number of benzene rings is 1. The quantitative estimate of drug-likeness (QED) is 0.808. The Morgan fingerprint density at radius 3 is 3.00 bits per heavy atom. The van der Waals surface area contributed by atoms with Gasteiger partial charge in [-0.05, 0) is 42.3 Å². The van der Waals surface area contributed by atoms with Crippen LogP contribution in [-0.4, -0.2) is 12.5 Å². The summed E-state index contributed by atoms with van der Waals surface area (Å²) < 4.78 is 6.19. The summed E-state index contributed by atoms with van der Waals surface area (Å²) in [6, 6.07) is 9.40. The lowest BCUT2D eigenvalue weighted by Gasteiger charge is -2.15. The molecule has 4 heteroatoms. The molecule has 2 aromatic rings. The van der Waals surface area contributed by atoms with E-state index in [1.807, 2.05) is 12.1 Å². The Kier molecular flexibility index (Phi) is 2.52. The van der Waals surface area contributed by atoms with Crippen LogP contribution in [0.4, 0.5) is 5.69 Å². The molecule has 0 N–H and O–H groups in total. The summed E-state index contributed by atoms with van der Waals surface area (Å²) in [5.41, 5.74) is 2.17. The fraction of sp³-hybridized carbons (Fsp3) is 0.154. The molecule has 0 saturated heterocycles. The topological polar surface area (TPSA) is 33.5 Å². The molecule has 1 aromatic carbocycles. The van der Waals surface area contributed by atoms with Crippen molar-refractivity contribution in [3.8, 4) is 0 Å². The first-order valence-electron chi connectivity index (χ1n) is 5.39. The number of hydrogen-bond acceptors (Lipinski definition) is 2. The number of rotatable bonds is 1. The zero-order valence-electron chi connectivity index (χ0n) is 9.02. The number of anilines is 1. The van der Waals surface area contributed by atoms with Crippen molar-refractivity contribution < 1.29 is 9.21 Å². The molecule has 86 valence electrons. The second kappa shape index (κ2) is 4.04. The lowest BCUT2D eigenvalue weighted by atomic mass is 10.2. The van der Waals surface area contributed by atoms with Crippen molar-refractivity contribution >= 4 is 27.5 Å². The number of fused-ring (bicyclic) bond motifs is 1. The smallest absolute Gasteiger partial charge is 0.293 e. The summed E-state index contributed by atoms with van der Waals surface area (Å²) in [5, 5.41) is 0. The summed E-state index contributed by atoms with van der Waals surface area (Å²) in [5.74, 6) is 0.317. The van der Waals surface area contributed by atoms with Crippen molar-refractivity contribution in [3.63, 3.8) is 0 Å². The number of carbonyl (C=O) groups excluding carboxylic acids is 1. The molecule has 0 aliphatic carbocycles. The predicted octanol–water partition coefficient (Wildman–Crippen LogP) is 3.25. The molecule has 3 nitrogen and oxygen atoms in total. The van der Waals surface area contributed by atoms with Crippen LogP contribution in [0.25, 0.3) is 0 Å². The van der Waals surface area contributed by atoms with E-state index in [2.05, 4.69) is 22.0 Å². The van der Waals surface area contributed by atoms with Crippen molar-refractivity contribution in [2.75, 3.05) is 11.4 Å². The Balaban J connectivity index is 1.96. The highest BCUT2D eigenvalue weighted by Gasteiger charge is 2.26. The third kappa shape index (κ3) is 1.78. The van der Waals surface area contributed by atoms with Crippen LogP contribution in [0, 0.1) is 0 Å². The molecular formula is C13H10BrNO2. The zero-order chi connectivity index (χ0) is 11.8. The van der Waals surface area contributed by atoms with Gasteiger partial charge in [-0.15, -0.1) is 0 Å². The monoisotopic (exact) mass is 291 g/mol. The van der Waals surface area contributed by atoms with E-state index in [1.54, 1.807) is 17.0 Å². The van der Waals surface area contributed by atoms with Gasteiger partial charge in [-0.2, -0.15) is 0 Å². The van der Waals surface area contributed by atoms with Crippen LogP contribution in [0.1, 0.15) is 16.1 Å². The number of amides is 1. The highest BCUT2D eigenvalue weighted by molar-refractivity contribution is 9.10. The number of hydrogen-bond donors (Lipinski definition) is 0. The summed E-state index contributed by atoms with van der Waals surface area (Å²) in [7, 11) is 0. The third-order valence-electron chi connectivity index (χ3n) is 2.91. The van der Waals surface area contributed by atoms with Gasteiger partial charge >= 0.3 is 0 Å². The van der Waals surface area contributed by atoms with Crippen molar-refractivity contribution in [2.24, 2.45) is 0 Å². The maximum atomic E-state index is 12.2. The van der Waals surface area contributed by atoms with E-state index in [-0.39, 0.29) is 5.91 Å². The van der Waals surface area contributed by atoms with E-state index in [9.17, 15) is 4.79 Å². The number of halogens is 1. The van der Waals surface area contributed by atoms with Gasteiger partial charge in [0.05, 0.1) is 6.26 Å². The summed E-state index contributed by atoms with van der Waals surface area (Å²) >= 11 is 3.44. The van der Waals surface area contributed by atoms with Crippen LogP contribution < -0.4 is 4.90 Å². The Morgan fingerprint density at radius 2 is 2.24 bits per heavy atom. The Labute approximate surface area is 107 Å². The average Bonchev–Trinajstić information content (AvgIpc) is 2.96. The molecule has 3 rings (SSSR count). The molecule has 1 aromatic heterocycles. The van der Waals surface area contributed by atoms with Gasteiger partial charge in [-0.25, -0.2) is 0 Å². The van der Waals surface area contributed by atoms with Crippen molar-refractivity contribution in [1.82, 2.24) is 0 Å². The fourth-order valence-corrected chi connectivity index (χ4v) is 2.52. The fourth-order valence-electron chi connectivity index (χ4n) is 2.11. The SMILES string of the molecule is O=C(c1ccco1)N1CCc2cc(Br)ccc21. The van der Waals surface area contributed by atoms with Crippen LogP contribution in [0.5, 0.6) is 0 Å². The van der Waals surface area contributed by atoms with Crippen molar-refractivity contribution in [3.05, 3.63) is 52.4 Å². The van der Waals surface area contributed by atoms with E-state index < -0.39 is 0 Å². The highest BCUT2D eigenvalue weighted by atomic mass is 79.9. The second-order valence-corrected chi connectivity index (χ2v) is 4.87. The van der Waals surface area contributed by atoms with Gasteiger partial charge in [-0.1, -0.05) is 15.9 Å². The lowest BCUT2D eigenvalue weighted by Crippen LogP contribution is -2.28. The number of furan rings is 1. The second-order valence-electron chi connectivity index (χ2n) is 3.96. The minimum atomic E-state index is -0.0731. The molecular weight excluding hydrogens is 282 g/mol. The summed E-state index contributed by atoms with van der Waals surface area (Å²) in [4.78, 5) is 13.9. The molecule has 1 aliphatic heterocycles. The first-order valence-corrected chi connectivity index (χ1v) is 6.19. The van der Waals surface area contributed by atoms with Gasteiger partial charge in [0.1, 0.15) is 0 Å². The standard InChI is InChI=1S/C13H10BrNO2/c14-10-3-4-11-9(8-10)5-6-15(11)13(16)12-2-1-7-17-12/h1-4,7-8H,5-6H2. The van der Waals surface area contributed by atoms with Gasteiger partial charge in [0.2, 0.25) is 0 Å². The molecule has 0 atom stereocenters. The van der Waals surface area contributed by atoms with Crippen LogP contribution in [-0.2, 0) is 6.42 Å². The molecule has 0 bridgehead atoms. The average molecular weight is 292 g/mol.